The van der Waals surface area contributed by atoms with E-state index in [9.17, 15) is 4.39 Å². The fourth-order valence-corrected chi connectivity index (χ4v) is 1.67. The molecule has 0 saturated carbocycles. The minimum absolute atomic E-state index is 0.234. The number of nitrogens with two attached hydrogens (primary N) is 1. The number of rotatable bonds is 3. The Morgan fingerprint density at radius 2 is 2.29 bits per heavy atom. The highest BCUT2D eigenvalue weighted by Gasteiger charge is 2.08. The van der Waals surface area contributed by atoms with Gasteiger partial charge in [-0.1, -0.05) is 17.4 Å². The Labute approximate surface area is 103 Å². The third kappa shape index (κ3) is 2.47. The Bertz CT molecular complexity index is 564. The molecule has 0 bridgehead atoms. The number of nitrogens with zero attached hydrogens (tertiary/aromatic N) is 3. The van der Waals surface area contributed by atoms with E-state index in [1.807, 2.05) is 0 Å². The molecule has 0 aliphatic heterocycles. The first-order valence-corrected chi connectivity index (χ1v) is 5.42. The molecule has 0 spiro atoms. The van der Waals surface area contributed by atoms with Gasteiger partial charge >= 0.3 is 0 Å². The Morgan fingerprint density at radius 1 is 1.53 bits per heavy atom. The fraction of sp³-hybridized carbons (Fsp3) is 0.182. The second kappa shape index (κ2) is 4.58. The summed E-state index contributed by atoms with van der Waals surface area (Å²) in [5.41, 5.74) is 7.64. The molecule has 2 aromatic rings. The summed E-state index contributed by atoms with van der Waals surface area (Å²) < 4.78 is 14.8. The van der Waals surface area contributed by atoms with E-state index in [1.54, 1.807) is 29.9 Å². The van der Waals surface area contributed by atoms with E-state index in [2.05, 4.69) is 10.3 Å². The van der Waals surface area contributed by atoms with Crippen LogP contribution in [0.3, 0.4) is 0 Å². The van der Waals surface area contributed by atoms with Crippen molar-refractivity contribution in [1.82, 2.24) is 15.0 Å². The van der Waals surface area contributed by atoms with Gasteiger partial charge in [0.15, 0.2) is 0 Å². The second-order valence-corrected chi connectivity index (χ2v) is 4.23. The Balaban J connectivity index is 2.42. The number of halogens is 1. The van der Waals surface area contributed by atoms with E-state index in [0.717, 1.165) is 11.3 Å². The fourth-order valence-electron chi connectivity index (χ4n) is 1.55. The summed E-state index contributed by atoms with van der Waals surface area (Å²) in [6, 6.07) is 4.84. The molecule has 1 aromatic heterocycles. The van der Waals surface area contributed by atoms with Crippen molar-refractivity contribution in [2.75, 3.05) is 0 Å². The van der Waals surface area contributed by atoms with Crippen LogP contribution >= 0.6 is 12.2 Å². The Hall–Kier alpha value is -1.82. The van der Waals surface area contributed by atoms with Crippen LogP contribution in [0.15, 0.2) is 24.4 Å². The van der Waals surface area contributed by atoms with Gasteiger partial charge in [0.05, 0.1) is 23.4 Å². The van der Waals surface area contributed by atoms with Crippen molar-refractivity contribution in [3.63, 3.8) is 0 Å². The molecular formula is C11H11FN4S. The normalized spacial score (nSPS) is 10.5. The van der Waals surface area contributed by atoms with E-state index < -0.39 is 0 Å². The van der Waals surface area contributed by atoms with Crippen LogP contribution in [0.4, 0.5) is 4.39 Å². The van der Waals surface area contributed by atoms with Crippen molar-refractivity contribution in [2.24, 2.45) is 5.73 Å². The van der Waals surface area contributed by atoms with Crippen molar-refractivity contribution in [1.29, 1.82) is 0 Å². The van der Waals surface area contributed by atoms with Gasteiger partial charge < -0.3 is 5.73 Å². The van der Waals surface area contributed by atoms with Gasteiger partial charge in [-0.25, -0.2) is 9.07 Å². The molecule has 0 amide bonds. The number of hydrogen-bond donors (Lipinski definition) is 1. The van der Waals surface area contributed by atoms with Crippen LogP contribution in [0.1, 0.15) is 5.56 Å². The molecule has 0 atom stereocenters. The molecular weight excluding hydrogens is 239 g/mol. The summed E-state index contributed by atoms with van der Waals surface area (Å²) in [4.78, 5) is 0.329. The van der Waals surface area contributed by atoms with E-state index in [-0.39, 0.29) is 5.82 Å². The van der Waals surface area contributed by atoms with E-state index in [1.165, 1.54) is 6.07 Å². The van der Waals surface area contributed by atoms with Crippen LogP contribution in [0, 0.1) is 12.7 Å². The van der Waals surface area contributed by atoms with Crippen LogP contribution in [0.5, 0.6) is 0 Å². The van der Waals surface area contributed by atoms with Gasteiger partial charge in [-0.15, -0.1) is 5.10 Å². The molecule has 0 aliphatic rings. The van der Waals surface area contributed by atoms with Crippen molar-refractivity contribution in [2.45, 2.75) is 13.5 Å². The maximum absolute atomic E-state index is 13.2. The largest absolute Gasteiger partial charge is 0.392 e. The van der Waals surface area contributed by atoms with Crippen LogP contribution in [-0.2, 0) is 6.54 Å². The number of aromatic nitrogens is 3. The van der Waals surface area contributed by atoms with Crippen molar-refractivity contribution in [3.05, 3.63) is 35.8 Å². The van der Waals surface area contributed by atoms with Gasteiger partial charge in [0.25, 0.3) is 0 Å². The molecule has 2 rings (SSSR count). The van der Waals surface area contributed by atoms with E-state index in [4.69, 9.17) is 18.0 Å². The molecule has 0 saturated heterocycles. The van der Waals surface area contributed by atoms with Gasteiger partial charge in [-0.3, -0.25) is 0 Å². The Morgan fingerprint density at radius 3 is 2.94 bits per heavy atom. The molecule has 0 aliphatic carbocycles. The number of aryl methyl sites for hydroxylation is 1. The minimum atomic E-state index is -0.234. The SMILES string of the molecule is Cc1cc(-c2cnnn2CC(N)=S)ccc1F. The predicted molar refractivity (Wildman–Crippen MR) is 66.9 cm³/mol. The topological polar surface area (TPSA) is 56.7 Å². The molecule has 0 radical (unpaired) electrons. The molecule has 17 heavy (non-hydrogen) atoms. The highest BCUT2D eigenvalue weighted by atomic mass is 32.1. The average molecular weight is 250 g/mol. The maximum Gasteiger partial charge on any atom is 0.126 e. The lowest BCUT2D eigenvalue weighted by molar-refractivity contribution is 0.618. The first kappa shape index (κ1) is 11.7. The van der Waals surface area contributed by atoms with Crippen molar-refractivity contribution in [3.8, 4) is 11.3 Å². The third-order valence-electron chi connectivity index (χ3n) is 2.38. The molecule has 2 N–H and O–H groups in total. The van der Waals surface area contributed by atoms with Crippen LogP contribution in [0.2, 0.25) is 0 Å². The van der Waals surface area contributed by atoms with Crippen LogP contribution in [0.25, 0.3) is 11.3 Å². The van der Waals surface area contributed by atoms with Crippen LogP contribution < -0.4 is 5.73 Å². The van der Waals surface area contributed by atoms with Crippen molar-refractivity contribution < 1.29 is 4.39 Å². The lowest BCUT2D eigenvalue weighted by atomic mass is 10.1. The summed E-state index contributed by atoms with van der Waals surface area (Å²) in [5, 5.41) is 7.70. The molecule has 1 aromatic carbocycles. The first-order valence-electron chi connectivity index (χ1n) is 5.01. The monoisotopic (exact) mass is 250 g/mol. The van der Waals surface area contributed by atoms with Gasteiger partial charge in [-0.2, -0.15) is 0 Å². The summed E-state index contributed by atoms with van der Waals surface area (Å²) >= 11 is 4.83. The summed E-state index contributed by atoms with van der Waals surface area (Å²) in [6.07, 6.45) is 1.60. The predicted octanol–water partition coefficient (Wildman–Crippen LogP) is 1.68. The zero-order valence-electron chi connectivity index (χ0n) is 9.22. The highest BCUT2D eigenvalue weighted by Crippen LogP contribution is 2.20. The molecule has 88 valence electrons. The zero-order chi connectivity index (χ0) is 12.4. The first-order chi connectivity index (χ1) is 8.08. The van der Waals surface area contributed by atoms with Gasteiger partial charge in [0.1, 0.15) is 5.82 Å². The molecule has 6 heteroatoms. The maximum atomic E-state index is 13.2. The third-order valence-corrected chi connectivity index (χ3v) is 2.51. The molecule has 4 nitrogen and oxygen atoms in total. The number of thiocarbonyl (C=S) groups is 1. The summed E-state index contributed by atoms with van der Waals surface area (Å²) in [7, 11) is 0. The highest BCUT2D eigenvalue weighted by molar-refractivity contribution is 7.80. The molecule has 0 unspecified atom stereocenters. The Kier molecular flexibility index (Phi) is 3.14. The standard InChI is InChI=1S/C11H11FN4S/c1-7-4-8(2-3-9(7)12)10-5-14-15-16(10)6-11(13)17/h2-5H,6H2,1H3,(H2,13,17). The lowest BCUT2D eigenvalue weighted by Crippen LogP contribution is -2.18. The molecule has 1 heterocycles. The molecule has 0 fully saturated rings. The quantitative estimate of drug-likeness (QED) is 0.842. The van der Waals surface area contributed by atoms with Gasteiger partial charge in [0, 0.05) is 5.56 Å². The number of hydrogen-bond acceptors (Lipinski definition) is 3. The van der Waals surface area contributed by atoms with E-state index >= 15 is 0 Å². The van der Waals surface area contributed by atoms with Crippen LogP contribution in [-0.4, -0.2) is 20.0 Å². The summed E-state index contributed by atoms with van der Waals surface area (Å²) in [6.45, 7) is 2.03. The average Bonchev–Trinajstić information content (AvgIpc) is 2.69. The number of benzene rings is 1. The summed E-state index contributed by atoms with van der Waals surface area (Å²) in [5.74, 6) is -0.234. The van der Waals surface area contributed by atoms with E-state index in [0.29, 0.717) is 17.1 Å². The minimum Gasteiger partial charge on any atom is -0.392 e. The second-order valence-electron chi connectivity index (χ2n) is 3.71. The smallest absolute Gasteiger partial charge is 0.126 e. The lowest BCUT2D eigenvalue weighted by Gasteiger charge is -2.06. The zero-order valence-corrected chi connectivity index (χ0v) is 10.0. The van der Waals surface area contributed by atoms with Crippen molar-refractivity contribution >= 4 is 17.2 Å². The van der Waals surface area contributed by atoms with Gasteiger partial charge in [0.2, 0.25) is 0 Å². The van der Waals surface area contributed by atoms with Gasteiger partial charge in [-0.05, 0) is 30.7 Å².